The van der Waals surface area contributed by atoms with Crippen LogP contribution in [0.5, 0.6) is 0 Å². The van der Waals surface area contributed by atoms with Crippen LogP contribution in [-0.4, -0.2) is 9.97 Å². The molecule has 88 valence electrons. The van der Waals surface area contributed by atoms with Gasteiger partial charge in [0.2, 0.25) is 0 Å². The third-order valence-electron chi connectivity index (χ3n) is 2.42. The summed E-state index contributed by atoms with van der Waals surface area (Å²) in [6.07, 6.45) is 9.23. The van der Waals surface area contributed by atoms with Crippen molar-refractivity contribution < 1.29 is 0 Å². The molecule has 2 aromatic rings. The number of allylic oxidation sites excluding steroid dienone is 1. The quantitative estimate of drug-likeness (QED) is 0.875. The molecular weight excluding hydrogens is 255 g/mol. The van der Waals surface area contributed by atoms with Crippen molar-refractivity contribution in [3.63, 3.8) is 0 Å². The average molecular weight is 267 g/mol. The van der Waals surface area contributed by atoms with Gasteiger partial charge in [-0.1, -0.05) is 35.3 Å². The fraction of sp³-hybridized carbons (Fsp3) is 0.154. The van der Waals surface area contributed by atoms with Crippen molar-refractivity contribution in [1.29, 1.82) is 0 Å². The molecule has 0 radical (unpaired) electrons. The first-order chi connectivity index (χ1) is 8.27. The number of aromatic nitrogens is 2. The lowest BCUT2D eigenvalue weighted by atomic mass is 10.1. The Labute approximate surface area is 110 Å². The number of hydrogen-bond acceptors (Lipinski definition) is 1. The molecule has 0 saturated carbocycles. The molecule has 0 bridgehead atoms. The Hall–Kier alpha value is -1.25. The Bertz CT molecular complexity index is 484. The van der Waals surface area contributed by atoms with Crippen molar-refractivity contribution in [3.8, 4) is 0 Å². The number of rotatable bonds is 4. The molecule has 1 aromatic carbocycles. The van der Waals surface area contributed by atoms with Crippen molar-refractivity contribution in [1.82, 2.24) is 9.97 Å². The molecule has 1 aromatic heterocycles. The van der Waals surface area contributed by atoms with Gasteiger partial charge in [0.1, 0.15) is 5.82 Å². The summed E-state index contributed by atoms with van der Waals surface area (Å²) in [5.74, 6) is 0.857. The van der Waals surface area contributed by atoms with Gasteiger partial charge in [-0.2, -0.15) is 0 Å². The van der Waals surface area contributed by atoms with Crippen molar-refractivity contribution in [2.45, 2.75) is 12.8 Å². The highest BCUT2D eigenvalue weighted by atomic mass is 35.5. The SMILES string of the molecule is Clc1cccc(Cl)c1CC/C=C/c1ncc[nH]1. The Kier molecular flexibility index (Phi) is 4.24. The van der Waals surface area contributed by atoms with E-state index in [4.69, 9.17) is 23.2 Å². The Balaban J connectivity index is 1.94. The zero-order valence-corrected chi connectivity index (χ0v) is 10.7. The Morgan fingerprint density at radius 2 is 2.00 bits per heavy atom. The summed E-state index contributed by atoms with van der Waals surface area (Å²) in [4.78, 5) is 7.11. The third kappa shape index (κ3) is 3.35. The summed E-state index contributed by atoms with van der Waals surface area (Å²) in [6.45, 7) is 0. The Morgan fingerprint density at radius 3 is 2.65 bits per heavy atom. The maximum absolute atomic E-state index is 6.08. The first-order valence-electron chi connectivity index (χ1n) is 5.36. The lowest BCUT2D eigenvalue weighted by molar-refractivity contribution is 1.00. The zero-order valence-electron chi connectivity index (χ0n) is 9.16. The first-order valence-corrected chi connectivity index (χ1v) is 6.12. The van der Waals surface area contributed by atoms with Crippen LogP contribution in [0.3, 0.4) is 0 Å². The summed E-state index contributed by atoms with van der Waals surface area (Å²) in [5, 5.41) is 1.45. The fourth-order valence-electron chi connectivity index (χ4n) is 1.56. The van der Waals surface area contributed by atoms with E-state index < -0.39 is 0 Å². The van der Waals surface area contributed by atoms with E-state index >= 15 is 0 Å². The minimum atomic E-state index is 0.726. The fourth-order valence-corrected chi connectivity index (χ4v) is 2.15. The van der Waals surface area contributed by atoms with E-state index in [2.05, 4.69) is 16.0 Å². The molecule has 0 fully saturated rings. The molecule has 2 rings (SSSR count). The van der Waals surface area contributed by atoms with E-state index in [9.17, 15) is 0 Å². The minimum Gasteiger partial charge on any atom is -0.345 e. The first kappa shape index (κ1) is 12.2. The number of nitrogens with one attached hydrogen (secondary N) is 1. The van der Waals surface area contributed by atoms with Crippen LogP contribution >= 0.6 is 23.2 Å². The minimum absolute atomic E-state index is 0.726. The van der Waals surface area contributed by atoms with Crippen molar-refractivity contribution in [2.75, 3.05) is 0 Å². The summed E-state index contributed by atoms with van der Waals surface area (Å²) in [7, 11) is 0. The molecule has 1 N–H and O–H groups in total. The lowest BCUT2D eigenvalue weighted by Crippen LogP contribution is -1.87. The molecule has 0 amide bonds. The van der Waals surface area contributed by atoms with Gasteiger partial charge in [-0.15, -0.1) is 0 Å². The number of nitrogens with zero attached hydrogens (tertiary/aromatic N) is 1. The molecule has 0 aliphatic heterocycles. The maximum Gasteiger partial charge on any atom is 0.129 e. The smallest absolute Gasteiger partial charge is 0.129 e. The molecule has 0 unspecified atom stereocenters. The highest BCUT2D eigenvalue weighted by Gasteiger charge is 2.03. The highest BCUT2D eigenvalue weighted by Crippen LogP contribution is 2.25. The predicted octanol–water partition coefficient (Wildman–Crippen LogP) is 4.36. The van der Waals surface area contributed by atoms with Crippen molar-refractivity contribution >= 4 is 29.3 Å². The molecular formula is C13H12Cl2N2. The van der Waals surface area contributed by atoms with E-state index in [-0.39, 0.29) is 0 Å². The second-order valence-electron chi connectivity index (χ2n) is 3.62. The average Bonchev–Trinajstić information content (AvgIpc) is 2.80. The van der Waals surface area contributed by atoms with Crippen LogP contribution in [0.1, 0.15) is 17.8 Å². The van der Waals surface area contributed by atoms with Crippen LogP contribution in [0.4, 0.5) is 0 Å². The van der Waals surface area contributed by atoms with Crippen LogP contribution in [0.25, 0.3) is 6.08 Å². The Morgan fingerprint density at radius 1 is 1.24 bits per heavy atom. The second kappa shape index (κ2) is 5.89. The molecule has 0 aliphatic rings. The lowest BCUT2D eigenvalue weighted by Gasteiger charge is -2.04. The van der Waals surface area contributed by atoms with Crippen LogP contribution < -0.4 is 0 Å². The van der Waals surface area contributed by atoms with E-state index in [1.807, 2.05) is 24.3 Å². The van der Waals surface area contributed by atoms with Gasteiger partial charge in [0.25, 0.3) is 0 Å². The van der Waals surface area contributed by atoms with Gasteiger partial charge in [0, 0.05) is 22.4 Å². The van der Waals surface area contributed by atoms with Crippen molar-refractivity contribution in [3.05, 3.63) is 58.1 Å². The number of hydrogen-bond donors (Lipinski definition) is 1. The van der Waals surface area contributed by atoms with Gasteiger partial charge in [-0.3, -0.25) is 0 Å². The van der Waals surface area contributed by atoms with Crippen LogP contribution in [0.15, 0.2) is 36.7 Å². The topological polar surface area (TPSA) is 28.7 Å². The molecule has 0 aliphatic carbocycles. The van der Waals surface area contributed by atoms with Crippen LogP contribution in [-0.2, 0) is 6.42 Å². The van der Waals surface area contributed by atoms with E-state index in [1.54, 1.807) is 12.4 Å². The summed E-state index contributed by atoms with van der Waals surface area (Å²) >= 11 is 12.2. The van der Waals surface area contributed by atoms with Gasteiger partial charge in [-0.25, -0.2) is 4.98 Å². The second-order valence-corrected chi connectivity index (χ2v) is 4.43. The van der Waals surface area contributed by atoms with Gasteiger partial charge in [0.05, 0.1) is 0 Å². The number of halogens is 2. The summed E-state index contributed by atoms with van der Waals surface area (Å²) in [5.41, 5.74) is 1.000. The summed E-state index contributed by atoms with van der Waals surface area (Å²) in [6, 6.07) is 5.57. The summed E-state index contributed by atoms with van der Waals surface area (Å²) < 4.78 is 0. The van der Waals surface area contributed by atoms with Crippen molar-refractivity contribution in [2.24, 2.45) is 0 Å². The van der Waals surface area contributed by atoms with Gasteiger partial charge < -0.3 is 4.98 Å². The third-order valence-corrected chi connectivity index (χ3v) is 3.13. The maximum atomic E-state index is 6.08. The number of H-pyrrole nitrogens is 1. The molecule has 0 spiro atoms. The number of aromatic amines is 1. The largest absolute Gasteiger partial charge is 0.345 e. The van der Waals surface area contributed by atoms with E-state index in [0.717, 1.165) is 34.3 Å². The van der Waals surface area contributed by atoms with Gasteiger partial charge in [-0.05, 0) is 36.6 Å². The predicted molar refractivity (Wildman–Crippen MR) is 72.4 cm³/mol. The molecule has 0 saturated heterocycles. The highest BCUT2D eigenvalue weighted by molar-refractivity contribution is 6.35. The van der Waals surface area contributed by atoms with Crippen LogP contribution in [0, 0.1) is 0 Å². The number of imidazole rings is 1. The molecule has 17 heavy (non-hydrogen) atoms. The molecule has 1 heterocycles. The zero-order chi connectivity index (χ0) is 12.1. The number of benzene rings is 1. The van der Waals surface area contributed by atoms with Gasteiger partial charge in [0.15, 0.2) is 0 Å². The van der Waals surface area contributed by atoms with Crippen LogP contribution in [0.2, 0.25) is 10.0 Å². The normalized spacial score (nSPS) is 11.2. The van der Waals surface area contributed by atoms with Gasteiger partial charge >= 0.3 is 0 Å². The molecule has 0 atom stereocenters. The molecule has 2 nitrogen and oxygen atoms in total. The monoisotopic (exact) mass is 266 g/mol. The molecule has 4 heteroatoms. The van der Waals surface area contributed by atoms with E-state index in [0.29, 0.717) is 0 Å². The standard InChI is InChI=1S/C13H12Cl2N2/c14-11-5-3-6-12(15)10(11)4-1-2-7-13-16-8-9-17-13/h2-3,5-9H,1,4H2,(H,16,17)/b7-2+. The van der Waals surface area contributed by atoms with E-state index in [1.165, 1.54) is 0 Å².